The fourth-order valence-corrected chi connectivity index (χ4v) is 3.77. The molecule has 0 bridgehead atoms. The van der Waals surface area contributed by atoms with Crippen LogP contribution in [0.4, 0.5) is 0 Å². The molecule has 0 aliphatic heterocycles. The van der Waals surface area contributed by atoms with E-state index in [1.807, 2.05) is 31.2 Å². The third-order valence-electron chi connectivity index (χ3n) is 2.64. The molecule has 96 valence electrons. The second-order valence-electron chi connectivity index (χ2n) is 3.85. The zero-order chi connectivity index (χ0) is 13.3. The number of methoxy groups -OCH3 is 1. The van der Waals surface area contributed by atoms with Gasteiger partial charge in [0.25, 0.3) is 0 Å². The molecule has 0 saturated heterocycles. The molecule has 0 saturated carbocycles. The molecule has 0 radical (unpaired) electrons. The van der Waals surface area contributed by atoms with Crippen molar-refractivity contribution >= 4 is 43.2 Å². The first-order valence-electron chi connectivity index (χ1n) is 5.30. The first-order valence-corrected chi connectivity index (χ1v) is 7.70. The van der Waals surface area contributed by atoms with Crippen molar-refractivity contribution in [1.82, 2.24) is 0 Å². The zero-order valence-corrected chi connectivity index (χ0v) is 13.9. The predicted molar refractivity (Wildman–Crippen MR) is 81.5 cm³/mol. The van der Waals surface area contributed by atoms with Gasteiger partial charge >= 0.3 is 0 Å². The molecule has 1 unspecified atom stereocenters. The molecule has 18 heavy (non-hydrogen) atoms. The SMILES string of the molecule is COc1ccc(C(O)c2cc(Br)c(C)s2)cc1Br. The van der Waals surface area contributed by atoms with Crippen LogP contribution in [-0.2, 0) is 0 Å². The highest BCUT2D eigenvalue weighted by Crippen LogP contribution is 2.35. The van der Waals surface area contributed by atoms with Gasteiger partial charge in [-0.05, 0) is 62.5 Å². The Hall–Kier alpha value is -0.360. The van der Waals surface area contributed by atoms with Gasteiger partial charge in [0.2, 0.25) is 0 Å². The second-order valence-corrected chi connectivity index (χ2v) is 6.85. The Labute approximate surface area is 127 Å². The van der Waals surface area contributed by atoms with Crippen LogP contribution in [0, 0.1) is 6.92 Å². The Morgan fingerprint density at radius 2 is 1.94 bits per heavy atom. The van der Waals surface area contributed by atoms with Gasteiger partial charge in [-0.3, -0.25) is 0 Å². The lowest BCUT2D eigenvalue weighted by molar-refractivity contribution is 0.224. The predicted octanol–water partition coefficient (Wildman–Crippen LogP) is 4.67. The number of rotatable bonds is 3. The Bertz CT molecular complexity index is 547. The molecule has 2 rings (SSSR count). The number of halogens is 2. The molecule has 1 aromatic carbocycles. The van der Waals surface area contributed by atoms with E-state index < -0.39 is 6.10 Å². The monoisotopic (exact) mass is 390 g/mol. The van der Waals surface area contributed by atoms with Crippen LogP contribution in [0.15, 0.2) is 33.2 Å². The topological polar surface area (TPSA) is 29.5 Å². The Morgan fingerprint density at radius 3 is 2.44 bits per heavy atom. The molecule has 0 fully saturated rings. The normalized spacial score (nSPS) is 12.5. The third-order valence-corrected chi connectivity index (χ3v) is 5.45. The fraction of sp³-hybridized carbons (Fsp3) is 0.231. The fourth-order valence-electron chi connectivity index (χ4n) is 1.63. The highest BCUT2D eigenvalue weighted by molar-refractivity contribution is 9.10. The van der Waals surface area contributed by atoms with E-state index >= 15 is 0 Å². The molecule has 1 N–H and O–H groups in total. The van der Waals surface area contributed by atoms with Crippen molar-refractivity contribution in [3.63, 3.8) is 0 Å². The first-order chi connectivity index (χ1) is 8.52. The lowest BCUT2D eigenvalue weighted by atomic mass is 10.1. The van der Waals surface area contributed by atoms with E-state index in [4.69, 9.17) is 4.74 Å². The third kappa shape index (κ3) is 2.79. The molecule has 0 amide bonds. The van der Waals surface area contributed by atoms with Crippen LogP contribution in [0.25, 0.3) is 0 Å². The number of ether oxygens (including phenoxy) is 1. The van der Waals surface area contributed by atoms with Crippen LogP contribution < -0.4 is 4.74 Å². The Kier molecular flexibility index (Phi) is 4.48. The van der Waals surface area contributed by atoms with Gasteiger partial charge in [-0.1, -0.05) is 6.07 Å². The molecular formula is C13H12Br2O2S. The van der Waals surface area contributed by atoms with Gasteiger partial charge in [-0.15, -0.1) is 11.3 Å². The maximum Gasteiger partial charge on any atom is 0.133 e. The number of aliphatic hydroxyl groups is 1. The molecule has 1 aromatic heterocycles. The minimum Gasteiger partial charge on any atom is -0.496 e. The van der Waals surface area contributed by atoms with Crippen LogP contribution in [0.1, 0.15) is 21.4 Å². The summed E-state index contributed by atoms with van der Waals surface area (Å²) in [6.45, 7) is 2.02. The summed E-state index contributed by atoms with van der Waals surface area (Å²) in [6, 6.07) is 7.56. The van der Waals surface area contributed by atoms with Gasteiger partial charge in [0.05, 0.1) is 11.6 Å². The molecule has 0 aliphatic carbocycles. The molecule has 2 nitrogen and oxygen atoms in total. The van der Waals surface area contributed by atoms with Gasteiger partial charge in [0, 0.05) is 14.2 Å². The maximum atomic E-state index is 10.3. The molecule has 1 heterocycles. The summed E-state index contributed by atoms with van der Waals surface area (Å²) in [5.74, 6) is 0.759. The summed E-state index contributed by atoms with van der Waals surface area (Å²) in [7, 11) is 1.62. The molecule has 5 heteroatoms. The van der Waals surface area contributed by atoms with Gasteiger partial charge in [-0.25, -0.2) is 0 Å². The van der Waals surface area contributed by atoms with Crippen molar-refractivity contribution in [3.8, 4) is 5.75 Å². The van der Waals surface area contributed by atoms with E-state index in [9.17, 15) is 5.11 Å². The van der Waals surface area contributed by atoms with Crippen LogP contribution in [-0.4, -0.2) is 12.2 Å². The second kappa shape index (κ2) is 5.74. The van der Waals surface area contributed by atoms with Crippen molar-refractivity contribution in [2.45, 2.75) is 13.0 Å². The Balaban J connectivity index is 2.33. The quantitative estimate of drug-likeness (QED) is 0.823. The summed E-state index contributed by atoms with van der Waals surface area (Å²) >= 11 is 8.48. The van der Waals surface area contributed by atoms with E-state index in [1.165, 1.54) is 0 Å². The number of benzene rings is 1. The lowest BCUT2D eigenvalue weighted by Crippen LogP contribution is -1.97. The van der Waals surface area contributed by atoms with E-state index in [1.54, 1.807) is 18.4 Å². The zero-order valence-electron chi connectivity index (χ0n) is 9.91. The molecule has 1 atom stereocenters. The highest BCUT2D eigenvalue weighted by Gasteiger charge is 2.15. The standard InChI is InChI=1S/C13H12Br2O2S/c1-7-9(14)6-12(18-7)13(16)8-3-4-11(17-2)10(15)5-8/h3-6,13,16H,1-2H3. The average molecular weight is 392 g/mol. The molecular weight excluding hydrogens is 380 g/mol. The van der Waals surface area contributed by atoms with E-state index in [0.29, 0.717) is 0 Å². The number of hydrogen-bond acceptors (Lipinski definition) is 3. The van der Waals surface area contributed by atoms with Crippen LogP contribution >= 0.6 is 43.2 Å². The van der Waals surface area contributed by atoms with Crippen LogP contribution in [0.3, 0.4) is 0 Å². The number of aliphatic hydroxyl groups excluding tert-OH is 1. The lowest BCUT2D eigenvalue weighted by Gasteiger charge is -2.11. The largest absolute Gasteiger partial charge is 0.496 e. The van der Waals surface area contributed by atoms with Crippen molar-refractivity contribution in [1.29, 1.82) is 0 Å². The van der Waals surface area contributed by atoms with Crippen molar-refractivity contribution in [2.24, 2.45) is 0 Å². The Morgan fingerprint density at radius 1 is 1.22 bits per heavy atom. The van der Waals surface area contributed by atoms with Gasteiger partial charge in [0.15, 0.2) is 0 Å². The van der Waals surface area contributed by atoms with Crippen LogP contribution in [0.2, 0.25) is 0 Å². The number of thiophene rings is 1. The van der Waals surface area contributed by atoms with Gasteiger partial charge in [0.1, 0.15) is 11.9 Å². The van der Waals surface area contributed by atoms with Crippen molar-refractivity contribution in [2.75, 3.05) is 7.11 Å². The first kappa shape index (κ1) is 14.1. The maximum absolute atomic E-state index is 10.3. The average Bonchev–Trinajstić information content (AvgIpc) is 2.68. The molecule has 0 spiro atoms. The number of hydrogen-bond donors (Lipinski definition) is 1. The van der Waals surface area contributed by atoms with E-state index in [2.05, 4.69) is 31.9 Å². The van der Waals surface area contributed by atoms with E-state index in [0.717, 1.165) is 30.0 Å². The summed E-state index contributed by atoms with van der Waals surface area (Å²) < 4.78 is 7.05. The molecule has 2 aromatic rings. The highest BCUT2D eigenvalue weighted by atomic mass is 79.9. The number of aryl methyl sites for hydroxylation is 1. The minimum atomic E-state index is -0.609. The summed E-state index contributed by atoms with van der Waals surface area (Å²) in [5, 5.41) is 10.3. The van der Waals surface area contributed by atoms with Gasteiger partial charge in [-0.2, -0.15) is 0 Å². The summed E-state index contributed by atoms with van der Waals surface area (Å²) in [4.78, 5) is 2.09. The minimum absolute atomic E-state index is 0.609. The van der Waals surface area contributed by atoms with E-state index in [-0.39, 0.29) is 0 Å². The summed E-state index contributed by atoms with van der Waals surface area (Å²) in [5.41, 5.74) is 0.844. The van der Waals surface area contributed by atoms with Gasteiger partial charge < -0.3 is 9.84 Å². The van der Waals surface area contributed by atoms with Crippen LogP contribution in [0.5, 0.6) is 5.75 Å². The van der Waals surface area contributed by atoms with Crippen molar-refractivity contribution in [3.05, 3.63) is 48.5 Å². The van der Waals surface area contributed by atoms with Crippen molar-refractivity contribution < 1.29 is 9.84 Å². The summed E-state index contributed by atoms with van der Waals surface area (Å²) in [6.07, 6.45) is -0.609. The molecule has 0 aliphatic rings. The smallest absolute Gasteiger partial charge is 0.133 e.